The monoisotopic (exact) mass is 462 g/mol. The van der Waals surface area contributed by atoms with Gasteiger partial charge in [0.1, 0.15) is 12.4 Å². The van der Waals surface area contributed by atoms with Crippen molar-refractivity contribution in [3.8, 4) is 0 Å². The summed E-state index contributed by atoms with van der Waals surface area (Å²) in [6, 6.07) is -0.625. The van der Waals surface area contributed by atoms with Crippen LogP contribution in [0, 0.1) is 0 Å². The van der Waals surface area contributed by atoms with Crippen LogP contribution < -0.4 is 21.7 Å². The number of allylic oxidation sites excluding steroid dienone is 1. The second kappa shape index (κ2) is 22.6. The molecule has 0 unspecified atom stereocenters. The minimum absolute atomic E-state index is 0.0128. The maximum absolute atomic E-state index is 12.7. The molecule has 0 saturated carbocycles. The van der Waals surface area contributed by atoms with Crippen molar-refractivity contribution < 1.29 is 28.1 Å². The predicted octanol–water partition coefficient (Wildman–Crippen LogP) is 0.863. The third kappa shape index (κ3) is 20.3. The smallest absolute Gasteiger partial charge is 0.245 e. The molecule has 0 spiro atoms. The first-order valence-corrected chi connectivity index (χ1v) is 11.2. The van der Waals surface area contributed by atoms with E-state index in [9.17, 15) is 9.18 Å². The van der Waals surface area contributed by atoms with E-state index in [0.717, 1.165) is 25.1 Å². The maximum Gasteiger partial charge on any atom is 0.245 e. The lowest BCUT2D eigenvalue weighted by atomic mass is 10.1. The highest BCUT2D eigenvalue weighted by molar-refractivity contribution is 5.77. The van der Waals surface area contributed by atoms with E-state index in [1.807, 2.05) is 20.0 Å². The summed E-state index contributed by atoms with van der Waals surface area (Å²) in [5, 5.41) is 9.02. The summed E-state index contributed by atoms with van der Waals surface area (Å²) in [4.78, 5) is 11.7. The molecule has 0 aromatic rings. The second-order valence-electron chi connectivity index (χ2n) is 7.07. The van der Waals surface area contributed by atoms with E-state index < -0.39 is 11.9 Å². The molecule has 188 valence electrons. The van der Waals surface area contributed by atoms with Gasteiger partial charge in [0.25, 0.3) is 0 Å². The van der Waals surface area contributed by atoms with E-state index in [-0.39, 0.29) is 12.5 Å². The van der Waals surface area contributed by atoms with E-state index in [4.69, 9.17) is 24.7 Å². The number of carbonyl (C=O) groups excluding carboxylic acids is 1. The van der Waals surface area contributed by atoms with Crippen LogP contribution in [0.3, 0.4) is 0 Å². The van der Waals surface area contributed by atoms with E-state index >= 15 is 0 Å². The van der Waals surface area contributed by atoms with Gasteiger partial charge in [-0.15, -0.1) is 0 Å². The summed E-state index contributed by atoms with van der Waals surface area (Å²) in [6.45, 7) is 10.7. The molecular weight excluding hydrogens is 419 g/mol. The normalized spacial score (nSPS) is 12.6. The quantitative estimate of drug-likeness (QED) is 0.165. The summed E-state index contributed by atoms with van der Waals surface area (Å²) >= 11 is 0. The summed E-state index contributed by atoms with van der Waals surface area (Å²) in [5.41, 5.74) is 6.53. The molecule has 5 N–H and O–H groups in total. The lowest BCUT2D eigenvalue weighted by Gasteiger charge is -2.12. The van der Waals surface area contributed by atoms with Crippen molar-refractivity contribution >= 4 is 5.91 Å². The summed E-state index contributed by atoms with van der Waals surface area (Å²) in [7, 11) is 1.89. The molecule has 0 aliphatic heterocycles. The van der Waals surface area contributed by atoms with Gasteiger partial charge in [0.05, 0.1) is 52.3 Å². The molecule has 0 rings (SSSR count). The van der Waals surface area contributed by atoms with Crippen molar-refractivity contribution in [2.24, 2.45) is 5.73 Å². The molecule has 0 aliphatic rings. The highest BCUT2D eigenvalue weighted by Crippen LogP contribution is 2.06. The van der Waals surface area contributed by atoms with Crippen molar-refractivity contribution in [1.82, 2.24) is 16.0 Å². The van der Waals surface area contributed by atoms with E-state index in [1.165, 1.54) is 0 Å². The molecule has 0 bridgehead atoms. The topological polar surface area (TPSA) is 116 Å². The number of hydrogen-bond donors (Lipinski definition) is 4. The average Bonchev–Trinajstić information content (AvgIpc) is 2.78. The van der Waals surface area contributed by atoms with E-state index in [2.05, 4.69) is 22.5 Å². The van der Waals surface area contributed by atoms with Gasteiger partial charge in [-0.1, -0.05) is 12.7 Å². The Morgan fingerprint density at radius 2 is 1.56 bits per heavy atom. The third-order valence-electron chi connectivity index (χ3n) is 4.34. The van der Waals surface area contributed by atoms with Gasteiger partial charge in [-0.25, -0.2) is 4.39 Å². The highest BCUT2D eigenvalue weighted by atomic mass is 19.1. The molecule has 0 fully saturated rings. The molecule has 0 aromatic carbocycles. The second-order valence-corrected chi connectivity index (χ2v) is 7.07. The van der Waals surface area contributed by atoms with Crippen LogP contribution in [0.1, 0.15) is 26.2 Å². The zero-order chi connectivity index (χ0) is 23.9. The van der Waals surface area contributed by atoms with Gasteiger partial charge in [-0.3, -0.25) is 4.79 Å². The molecule has 9 nitrogen and oxygen atoms in total. The molecule has 0 radical (unpaired) electrons. The third-order valence-corrected chi connectivity index (χ3v) is 4.34. The van der Waals surface area contributed by atoms with Crippen molar-refractivity contribution in [2.45, 2.75) is 32.2 Å². The van der Waals surface area contributed by atoms with Crippen molar-refractivity contribution in [1.29, 1.82) is 0 Å². The molecule has 0 saturated heterocycles. The van der Waals surface area contributed by atoms with E-state index in [0.29, 0.717) is 65.8 Å². The SMILES string of the molecule is C=C(F)[C@@H](N)CCCCNC(=O)COCCOCCN/C(=C\C)COCCOCCNC. The molecule has 0 aliphatic carbocycles. The number of rotatable bonds is 23. The minimum atomic E-state index is -0.625. The Hall–Kier alpha value is -1.56. The number of nitrogens with one attached hydrogen (secondary N) is 3. The van der Waals surface area contributed by atoms with Gasteiger partial charge in [0.15, 0.2) is 0 Å². The number of carbonyl (C=O) groups is 1. The number of amides is 1. The fourth-order valence-corrected chi connectivity index (χ4v) is 2.41. The predicted molar refractivity (Wildman–Crippen MR) is 124 cm³/mol. The first kappa shape index (κ1) is 30.4. The molecule has 32 heavy (non-hydrogen) atoms. The number of ether oxygens (including phenoxy) is 4. The number of halogens is 1. The Morgan fingerprint density at radius 1 is 0.938 bits per heavy atom. The molecule has 0 aromatic heterocycles. The Labute approximate surface area is 192 Å². The number of likely N-dealkylation sites (N-methyl/N-ethyl adjacent to an activating group) is 1. The van der Waals surface area contributed by atoms with Crippen LogP contribution in [-0.4, -0.2) is 91.5 Å². The van der Waals surface area contributed by atoms with Crippen LogP contribution in [0.25, 0.3) is 0 Å². The van der Waals surface area contributed by atoms with Gasteiger partial charge in [0, 0.05) is 25.3 Å². The van der Waals surface area contributed by atoms with Crippen LogP contribution in [0.5, 0.6) is 0 Å². The van der Waals surface area contributed by atoms with Gasteiger partial charge in [0.2, 0.25) is 5.91 Å². The molecule has 1 atom stereocenters. The van der Waals surface area contributed by atoms with Gasteiger partial charge in [-0.05, 0) is 33.2 Å². The lowest BCUT2D eigenvalue weighted by molar-refractivity contribution is -0.126. The molecule has 10 heteroatoms. The van der Waals surface area contributed by atoms with Crippen LogP contribution in [0.4, 0.5) is 4.39 Å². The number of hydrogen-bond acceptors (Lipinski definition) is 8. The minimum Gasteiger partial charge on any atom is -0.384 e. The van der Waals surface area contributed by atoms with Gasteiger partial charge < -0.3 is 40.6 Å². The first-order valence-electron chi connectivity index (χ1n) is 11.2. The lowest BCUT2D eigenvalue weighted by Crippen LogP contribution is -2.29. The maximum atomic E-state index is 12.7. The number of nitrogens with two attached hydrogens (primary N) is 1. The average molecular weight is 463 g/mol. The molecular formula is C22H43FN4O5. The van der Waals surface area contributed by atoms with Gasteiger partial charge in [-0.2, -0.15) is 0 Å². The van der Waals surface area contributed by atoms with Crippen molar-refractivity contribution in [3.63, 3.8) is 0 Å². The molecule has 1 amide bonds. The van der Waals surface area contributed by atoms with Crippen molar-refractivity contribution in [3.05, 3.63) is 24.2 Å². The van der Waals surface area contributed by atoms with Crippen LogP contribution in [-0.2, 0) is 23.7 Å². The van der Waals surface area contributed by atoms with Crippen LogP contribution in [0.15, 0.2) is 24.2 Å². The zero-order valence-corrected chi connectivity index (χ0v) is 19.8. The highest BCUT2D eigenvalue weighted by Gasteiger charge is 2.06. The van der Waals surface area contributed by atoms with Crippen molar-refractivity contribution in [2.75, 3.05) is 79.5 Å². The summed E-state index contributed by atoms with van der Waals surface area (Å²) in [6.07, 6.45) is 3.93. The van der Waals surface area contributed by atoms with Gasteiger partial charge >= 0.3 is 0 Å². The van der Waals surface area contributed by atoms with Crippen LogP contribution >= 0.6 is 0 Å². The molecule has 0 heterocycles. The largest absolute Gasteiger partial charge is 0.384 e. The standard InChI is InChI=1S/C22H43FN4O5/c1-4-20(17-31-15-13-29-11-9-25-3)26-10-12-30-14-16-32-18-22(28)27-8-6-5-7-21(24)19(2)23/h4,21,25-26H,2,5-18,24H2,1,3H3,(H,27,28)/b20-4-/t21-/m0/s1. The Balaban J connectivity index is 3.45. The zero-order valence-electron chi connectivity index (χ0n) is 19.8. The fourth-order valence-electron chi connectivity index (χ4n) is 2.41. The summed E-state index contributed by atoms with van der Waals surface area (Å²) in [5.74, 6) is -0.690. The summed E-state index contributed by atoms with van der Waals surface area (Å²) < 4.78 is 34.4. The fraction of sp³-hybridized carbons (Fsp3) is 0.773. The Kier molecular flexibility index (Phi) is 21.5. The first-order chi connectivity index (χ1) is 15.5. The van der Waals surface area contributed by atoms with E-state index in [1.54, 1.807) is 0 Å². The van der Waals surface area contributed by atoms with Crippen LogP contribution in [0.2, 0.25) is 0 Å². The number of unbranched alkanes of at least 4 members (excludes halogenated alkanes) is 1. The Bertz CT molecular complexity index is 509. The Morgan fingerprint density at radius 3 is 2.19 bits per heavy atom.